The number of benzene rings is 1. The Morgan fingerprint density at radius 3 is 2.65 bits per heavy atom. The minimum Gasteiger partial charge on any atom is -0.310 e. The highest BCUT2D eigenvalue weighted by atomic mass is 19.1. The second-order valence-corrected chi connectivity index (χ2v) is 5.06. The first-order valence-electron chi connectivity index (χ1n) is 7.11. The van der Waals surface area contributed by atoms with Crippen molar-refractivity contribution < 1.29 is 4.39 Å². The molecule has 0 fully saturated rings. The van der Waals surface area contributed by atoms with Crippen molar-refractivity contribution in [1.82, 2.24) is 10.3 Å². The van der Waals surface area contributed by atoms with Gasteiger partial charge in [-0.2, -0.15) is 0 Å². The van der Waals surface area contributed by atoms with Gasteiger partial charge in [-0.25, -0.2) is 4.39 Å². The van der Waals surface area contributed by atoms with Gasteiger partial charge in [-0.1, -0.05) is 19.1 Å². The van der Waals surface area contributed by atoms with Crippen molar-refractivity contribution in [2.45, 2.75) is 32.7 Å². The molecule has 2 rings (SSSR count). The molecule has 106 valence electrons. The van der Waals surface area contributed by atoms with Gasteiger partial charge in [-0.15, -0.1) is 0 Å². The highest BCUT2D eigenvalue weighted by Gasteiger charge is 2.09. The molecule has 1 N–H and O–H groups in total. The molecule has 1 unspecified atom stereocenters. The van der Waals surface area contributed by atoms with E-state index in [1.54, 1.807) is 18.5 Å². The Bertz CT molecular complexity index is 540. The molecule has 20 heavy (non-hydrogen) atoms. The Morgan fingerprint density at radius 1 is 1.20 bits per heavy atom. The highest BCUT2D eigenvalue weighted by molar-refractivity contribution is 5.31. The van der Waals surface area contributed by atoms with Crippen LogP contribution in [0.5, 0.6) is 0 Å². The summed E-state index contributed by atoms with van der Waals surface area (Å²) in [6.45, 7) is 5.22. The average molecular weight is 272 g/mol. The zero-order chi connectivity index (χ0) is 14.4. The molecule has 0 saturated heterocycles. The van der Waals surface area contributed by atoms with Crippen molar-refractivity contribution in [2.24, 2.45) is 0 Å². The van der Waals surface area contributed by atoms with Gasteiger partial charge in [0.1, 0.15) is 5.82 Å². The van der Waals surface area contributed by atoms with Gasteiger partial charge in [0.25, 0.3) is 0 Å². The number of pyridine rings is 1. The van der Waals surface area contributed by atoms with E-state index in [-0.39, 0.29) is 11.9 Å². The summed E-state index contributed by atoms with van der Waals surface area (Å²) in [5, 5.41) is 3.43. The van der Waals surface area contributed by atoms with Crippen LogP contribution in [0.15, 0.2) is 42.7 Å². The van der Waals surface area contributed by atoms with Crippen LogP contribution in [0, 0.1) is 5.82 Å². The number of nitrogens with zero attached hydrogens (tertiary/aromatic N) is 1. The molecule has 1 heterocycles. The molecule has 1 atom stereocenters. The summed E-state index contributed by atoms with van der Waals surface area (Å²) in [6.07, 6.45) is 5.17. The number of halogens is 1. The van der Waals surface area contributed by atoms with Gasteiger partial charge in [0.2, 0.25) is 0 Å². The number of rotatable bonds is 6. The van der Waals surface area contributed by atoms with Gasteiger partial charge in [-0.05, 0) is 54.8 Å². The quantitative estimate of drug-likeness (QED) is 0.863. The van der Waals surface area contributed by atoms with Crippen LogP contribution in [-0.2, 0) is 6.42 Å². The largest absolute Gasteiger partial charge is 0.310 e. The predicted octanol–water partition coefficient (Wildman–Crippen LogP) is 3.87. The molecule has 0 bridgehead atoms. The van der Waals surface area contributed by atoms with E-state index >= 15 is 0 Å². The van der Waals surface area contributed by atoms with Gasteiger partial charge in [0.05, 0.1) is 0 Å². The van der Waals surface area contributed by atoms with E-state index in [4.69, 9.17) is 0 Å². The Hall–Kier alpha value is -1.74. The van der Waals surface area contributed by atoms with Crippen molar-refractivity contribution in [3.63, 3.8) is 0 Å². The van der Waals surface area contributed by atoms with Crippen LogP contribution in [0.1, 0.15) is 43.0 Å². The van der Waals surface area contributed by atoms with Crippen LogP contribution in [0.25, 0.3) is 0 Å². The smallest absolute Gasteiger partial charge is 0.126 e. The molecule has 0 saturated carbocycles. The Kier molecular flexibility index (Phi) is 5.24. The SMILES string of the molecule is CCCNC(C)c1ccc(F)c(Cc2ccncc2)c1. The lowest BCUT2D eigenvalue weighted by molar-refractivity contribution is 0.565. The maximum Gasteiger partial charge on any atom is 0.126 e. The van der Waals surface area contributed by atoms with Crippen molar-refractivity contribution in [3.8, 4) is 0 Å². The highest BCUT2D eigenvalue weighted by Crippen LogP contribution is 2.19. The minimum absolute atomic E-state index is 0.145. The fourth-order valence-electron chi connectivity index (χ4n) is 2.20. The van der Waals surface area contributed by atoms with Crippen molar-refractivity contribution in [3.05, 3.63) is 65.2 Å². The van der Waals surface area contributed by atoms with Gasteiger partial charge in [0, 0.05) is 24.9 Å². The van der Waals surface area contributed by atoms with Crippen LogP contribution in [0.2, 0.25) is 0 Å². The molecular weight excluding hydrogens is 251 g/mol. The van der Waals surface area contributed by atoms with Gasteiger partial charge < -0.3 is 5.32 Å². The van der Waals surface area contributed by atoms with Gasteiger partial charge in [0.15, 0.2) is 0 Å². The first-order chi connectivity index (χ1) is 9.70. The van der Waals surface area contributed by atoms with Gasteiger partial charge in [-0.3, -0.25) is 4.98 Å². The van der Waals surface area contributed by atoms with Crippen molar-refractivity contribution in [2.75, 3.05) is 6.54 Å². The van der Waals surface area contributed by atoms with E-state index in [2.05, 4.69) is 24.1 Å². The molecule has 1 aromatic carbocycles. The van der Waals surface area contributed by atoms with Crippen LogP contribution in [0.4, 0.5) is 4.39 Å². The third-order valence-corrected chi connectivity index (χ3v) is 3.41. The Balaban J connectivity index is 2.16. The number of nitrogens with one attached hydrogen (secondary N) is 1. The molecule has 0 aliphatic carbocycles. The summed E-state index contributed by atoms with van der Waals surface area (Å²) in [7, 11) is 0. The predicted molar refractivity (Wildman–Crippen MR) is 80.2 cm³/mol. The number of aromatic nitrogens is 1. The molecule has 0 radical (unpaired) electrons. The van der Waals surface area contributed by atoms with Crippen molar-refractivity contribution in [1.29, 1.82) is 0 Å². The van der Waals surface area contributed by atoms with E-state index < -0.39 is 0 Å². The van der Waals surface area contributed by atoms with Gasteiger partial charge >= 0.3 is 0 Å². The summed E-state index contributed by atoms with van der Waals surface area (Å²) >= 11 is 0. The minimum atomic E-state index is -0.145. The third-order valence-electron chi connectivity index (χ3n) is 3.41. The van der Waals surface area contributed by atoms with Crippen LogP contribution < -0.4 is 5.32 Å². The Labute approximate surface area is 120 Å². The summed E-state index contributed by atoms with van der Waals surface area (Å²) in [5.74, 6) is -0.145. The van der Waals surface area contributed by atoms with E-state index in [0.717, 1.165) is 29.7 Å². The maximum atomic E-state index is 13.9. The molecule has 3 heteroatoms. The topological polar surface area (TPSA) is 24.9 Å². The lowest BCUT2D eigenvalue weighted by Gasteiger charge is -2.15. The molecule has 0 amide bonds. The third kappa shape index (κ3) is 3.87. The van der Waals surface area contributed by atoms with Crippen LogP contribution in [-0.4, -0.2) is 11.5 Å². The standard InChI is InChI=1S/C17H21FN2/c1-3-8-20-13(2)15-4-5-17(18)16(12-15)11-14-6-9-19-10-7-14/h4-7,9-10,12-13,20H,3,8,11H2,1-2H3. The zero-order valence-electron chi connectivity index (χ0n) is 12.1. The second kappa shape index (κ2) is 7.15. The monoisotopic (exact) mass is 272 g/mol. The fraction of sp³-hybridized carbons (Fsp3) is 0.353. The Morgan fingerprint density at radius 2 is 1.95 bits per heavy atom. The molecule has 2 nitrogen and oxygen atoms in total. The average Bonchev–Trinajstić information content (AvgIpc) is 2.48. The fourth-order valence-corrected chi connectivity index (χ4v) is 2.20. The normalized spacial score (nSPS) is 12.3. The maximum absolute atomic E-state index is 13.9. The molecule has 1 aromatic heterocycles. The first-order valence-corrected chi connectivity index (χ1v) is 7.11. The molecule has 0 spiro atoms. The molecule has 2 aromatic rings. The van der Waals surface area contributed by atoms with E-state index in [1.807, 2.05) is 24.3 Å². The molecule has 0 aliphatic heterocycles. The number of hydrogen-bond acceptors (Lipinski definition) is 2. The summed E-state index contributed by atoms with van der Waals surface area (Å²) in [5.41, 5.74) is 2.94. The summed E-state index contributed by atoms with van der Waals surface area (Å²) in [4.78, 5) is 3.99. The molecule has 0 aliphatic rings. The number of hydrogen-bond donors (Lipinski definition) is 1. The molecular formula is C17H21FN2. The first kappa shape index (κ1) is 14.7. The summed E-state index contributed by atoms with van der Waals surface area (Å²) in [6, 6.07) is 9.47. The van der Waals surface area contributed by atoms with Crippen molar-refractivity contribution >= 4 is 0 Å². The van der Waals surface area contributed by atoms with E-state index in [1.165, 1.54) is 0 Å². The second-order valence-electron chi connectivity index (χ2n) is 5.06. The van der Waals surface area contributed by atoms with E-state index in [9.17, 15) is 4.39 Å². The van der Waals surface area contributed by atoms with Crippen LogP contribution in [0.3, 0.4) is 0 Å². The zero-order valence-corrected chi connectivity index (χ0v) is 12.1. The van der Waals surface area contributed by atoms with Crippen LogP contribution >= 0.6 is 0 Å². The lowest BCUT2D eigenvalue weighted by atomic mass is 10.00. The lowest BCUT2D eigenvalue weighted by Crippen LogP contribution is -2.19. The summed E-state index contributed by atoms with van der Waals surface area (Å²) < 4.78 is 13.9. The van der Waals surface area contributed by atoms with E-state index in [0.29, 0.717) is 6.42 Å².